The van der Waals surface area contributed by atoms with Crippen LogP contribution in [0, 0.1) is 10.8 Å². The maximum absolute atomic E-state index is 2.35. The fourth-order valence-corrected chi connectivity index (χ4v) is 3.93. The van der Waals surface area contributed by atoms with Crippen molar-refractivity contribution in [3.05, 3.63) is 59.7 Å². The highest BCUT2D eigenvalue weighted by molar-refractivity contribution is 5.81. The van der Waals surface area contributed by atoms with E-state index in [0.717, 1.165) is 0 Å². The molecule has 1 saturated carbocycles. The summed E-state index contributed by atoms with van der Waals surface area (Å²) in [6, 6.07) is 18.0. The fourth-order valence-electron chi connectivity index (χ4n) is 3.93. The summed E-state index contributed by atoms with van der Waals surface area (Å²) in [4.78, 5) is 0. The molecular weight excluding hydrogens is 360 g/mol. The standard InChI is InChI=1S/C17H16.C6H14.C5H12.C2H6/c1-3-9-15-13(7-1)14-8-2-4-10-16(14)17(15)11-5-6-12-17;1-5-6(2,3)4;1-5(2,3)4;1-2/h1-4,7-10H,5-6,11-12H2;5H2,1-4H3;1-4H3;1-2H3. The molecule has 2 aliphatic rings. The lowest BCUT2D eigenvalue weighted by atomic mass is 9.77. The minimum Gasteiger partial charge on any atom is -0.0683 e. The third-order valence-electron chi connectivity index (χ3n) is 5.69. The Morgan fingerprint density at radius 2 is 0.967 bits per heavy atom. The van der Waals surface area contributed by atoms with Crippen LogP contribution in [0.4, 0.5) is 0 Å². The average Bonchev–Trinajstić information content (AvgIpc) is 3.28. The van der Waals surface area contributed by atoms with Gasteiger partial charge in [0.2, 0.25) is 0 Å². The molecule has 0 bridgehead atoms. The summed E-state index contributed by atoms with van der Waals surface area (Å²) in [5.41, 5.74) is 7.51. The van der Waals surface area contributed by atoms with E-state index in [9.17, 15) is 0 Å². The highest BCUT2D eigenvalue weighted by Crippen LogP contribution is 2.56. The average molecular weight is 409 g/mol. The monoisotopic (exact) mass is 408 g/mol. The second-order valence-corrected chi connectivity index (χ2v) is 11.3. The van der Waals surface area contributed by atoms with E-state index in [2.05, 4.69) is 104 Å². The van der Waals surface area contributed by atoms with Crippen LogP contribution in [0.25, 0.3) is 11.1 Å². The van der Waals surface area contributed by atoms with E-state index in [0.29, 0.717) is 16.2 Å². The van der Waals surface area contributed by atoms with Crippen LogP contribution in [0.5, 0.6) is 0 Å². The van der Waals surface area contributed by atoms with Gasteiger partial charge < -0.3 is 0 Å². The lowest BCUT2D eigenvalue weighted by Crippen LogP contribution is -2.20. The van der Waals surface area contributed by atoms with Gasteiger partial charge in [0.1, 0.15) is 0 Å². The zero-order valence-electron chi connectivity index (χ0n) is 21.7. The molecule has 0 aromatic heterocycles. The summed E-state index contributed by atoms with van der Waals surface area (Å²) in [5.74, 6) is 0. The maximum Gasteiger partial charge on any atom is 0.0215 e. The predicted octanol–water partition coefficient (Wildman–Crippen LogP) is 10.0. The largest absolute Gasteiger partial charge is 0.0683 e. The van der Waals surface area contributed by atoms with Crippen molar-refractivity contribution in [3.63, 3.8) is 0 Å². The molecule has 0 radical (unpaired) electrons. The van der Waals surface area contributed by atoms with Crippen molar-refractivity contribution in [2.24, 2.45) is 10.8 Å². The molecular formula is C30H48. The van der Waals surface area contributed by atoms with Crippen molar-refractivity contribution >= 4 is 0 Å². The highest BCUT2D eigenvalue weighted by Gasteiger charge is 2.44. The van der Waals surface area contributed by atoms with Gasteiger partial charge in [-0.25, -0.2) is 0 Å². The van der Waals surface area contributed by atoms with E-state index in [1.54, 1.807) is 11.1 Å². The van der Waals surface area contributed by atoms with Gasteiger partial charge in [-0.2, -0.15) is 0 Å². The Morgan fingerprint density at radius 3 is 1.27 bits per heavy atom. The molecule has 1 spiro atoms. The molecule has 1 fully saturated rings. The third kappa shape index (κ3) is 7.29. The van der Waals surface area contributed by atoms with E-state index in [-0.39, 0.29) is 0 Å². The lowest BCUT2D eigenvalue weighted by molar-refractivity contribution is 0.398. The minimum absolute atomic E-state index is 0.354. The van der Waals surface area contributed by atoms with Crippen LogP contribution < -0.4 is 0 Å². The smallest absolute Gasteiger partial charge is 0.0215 e. The number of hydrogen-bond acceptors (Lipinski definition) is 0. The Bertz CT molecular complexity index is 693. The Labute approximate surface area is 188 Å². The topological polar surface area (TPSA) is 0 Å². The molecule has 4 rings (SSSR count). The first-order valence-corrected chi connectivity index (χ1v) is 12.2. The first kappa shape index (κ1) is 26.5. The van der Waals surface area contributed by atoms with Gasteiger partial charge in [-0.3, -0.25) is 0 Å². The van der Waals surface area contributed by atoms with E-state index in [1.807, 2.05) is 13.8 Å². The molecule has 0 saturated heterocycles. The van der Waals surface area contributed by atoms with Crippen molar-refractivity contribution in [3.8, 4) is 11.1 Å². The Balaban J connectivity index is 0.000000291. The van der Waals surface area contributed by atoms with Gasteiger partial charge in [-0.1, -0.05) is 137 Å². The molecule has 0 heterocycles. The molecule has 2 aromatic rings. The zero-order valence-corrected chi connectivity index (χ0v) is 21.7. The number of benzene rings is 2. The van der Waals surface area contributed by atoms with Gasteiger partial charge in [0.05, 0.1) is 0 Å². The van der Waals surface area contributed by atoms with Gasteiger partial charge in [-0.05, 0) is 45.9 Å². The number of fused-ring (bicyclic) bond motifs is 5. The number of rotatable bonds is 0. The molecule has 0 atom stereocenters. The third-order valence-corrected chi connectivity index (χ3v) is 5.69. The molecule has 0 nitrogen and oxygen atoms in total. The molecule has 0 heteroatoms. The lowest BCUT2D eigenvalue weighted by Gasteiger charge is -2.26. The second kappa shape index (κ2) is 11.2. The van der Waals surface area contributed by atoms with Crippen LogP contribution >= 0.6 is 0 Å². The van der Waals surface area contributed by atoms with Crippen LogP contribution in [0.15, 0.2) is 48.5 Å². The zero-order chi connectivity index (χ0) is 23.0. The summed E-state index contributed by atoms with van der Waals surface area (Å²) < 4.78 is 0. The van der Waals surface area contributed by atoms with Crippen LogP contribution in [0.3, 0.4) is 0 Å². The van der Waals surface area contributed by atoms with Crippen LogP contribution in [0.1, 0.15) is 112 Å². The van der Waals surface area contributed by atoms with E-state index < -0.39 is 0 Å². The molecule has 30 heavy (non-hydrogen) atoms. The molecule has 2 aliphatic carbocycles. The summed E-state index contributed by atoms with van der Waals surface area (Å²) in [7, 11) is 0. The Morgan fingerprint density at radius 1 is 0.667 bits per heavy atom. The van der Waals surface area contributed by atoms with Crippen LogP contribution in [-0.4, -0.2) is 0 Å². The van der Waals surface area contributed by atoms with E-state index in [1.165, 1.54) is 43.2 Å². The van der Waals surface area contributed by atoms with E-state index >= 15 is 0 Å². The first-order chi connectivity index (χ1) is 14.0. The van der Waals surface area contributed by atoms with Gasteiger partial charge in [0, 0.05) is 5.41 Å². The van der Waals surface area contributed by atoms with Gasteiger partial charge in [0.15, 0.2) is 0 Å². The van der Waals surface area contributed by atoms with Crippen molar-refractivity contribution in [2.75, 3.05) is 0 Å². The quantitative estimate of drug-likeness (QED) is 0.406. The minimum atomic E-state index is 0.354. The number of hydrogen-bond donors (Lipinski definition) is 0. The molecule has 0 unspecified atom stereocenters. The van der Waals surface area contributed by atoms with Crippen LogP contribution in [0.2, 0.25) is 0 Å². The molecule has 0 amide bonds. The fraction of sp³-hybridized carbons (Fsp3) is 0.600. The molecule has 0 N–H and O–H groups in total. The Kier molecular flexibility index (Phi) is 9.86. The Hall–Kier alpha value is -1.56. The molecule has 0 aliphatic heterocycles. The van der Waals surface area contributed by atoms with Crippen molar-refractivity contribution < 1.29 is 0 Å². The summed E-state index contributed by atoms with van der Waals surface area (Å²) in [6.45, 7) is 21.7. The van der Waals surface area contributed by atoms with Gasteiger partial charge in [0.25, 0.3) is 0 Å². The van der Waals surface area contributed by atoms with E-state index in [4.69, 9.17) is 0 Å². The normalized spacial score (nSPS) is 15.5. The second-order valence-electron chi connectivity index (χ2n) is 11.3. The predicted molar refractivity (Wildman–Crippen MR) is 137 cm³/mol. The molecule has 168 valence electrons. The SMILES string of the molecule is CC.CC(C)(C)C.CCC(C)(C)C.c1ccc2c(c1)-c1ccccc1C21CCCC1. The van der Waals surface area contributed by atoms with Crippen molar-refractivity contribution in [1.29, 1.82) is 0 Å². The maximum atomic E-state index is 2.35. The summed E-state index contributed by atoms with van der Waals surface area (Å²) >= 11 is 0. The van der Waals surface area contributed by atoms with Crippen LogP contribution in [-0.2, 0) is 5.41 Å². The molecule has 2 aromatic carbocycles. The van der Waals surface area contributed by atoms with Crippen molar-refractivity contribution in [1.82, 2.24) is 0 Å². The first-order valence-electron chi connectivity index (χ1n) is 12.2. The summed E-state index contributed by atoms with van der Waals surface area (Å²) in [6.07, 6.45) is 6.69. The highest BCUT2D eigenvalue weighted by atomic mass is 14.5. The van der Waals surface area contributed by atoms with Gasteiger partial charge in [-0.15, -0.1) is 0 Å². The van der Waals surface area contributed by atoms with Crippen molar-refractivity contribution in [2.45, 2.75) is 107 Å². The van der Waals surface area contributed by atoms with Gasteiger partial charge >= 0.3 is 0 Å². The summed E-state index contributed by atoms with van der Waals surface area (Å²) in [5, 5.41) is 0.